The molecule has 0 unspecified atom stereocenters. The predicted octanol–water partition coefficient (Wildman–Crippen LogP) is 3.54. The van der Waals surface area contributed by atoms with Gasteiger partial charge in [0.05, 0.1) is 0 Å². The second kappa shape index (κ2) is 4.22. The highest BCUT2D eigenvalue weighted by molar-refractivity contribution is 4.87. The van der Waals surface area contributed by atoms with Gasteiger partial charge in [0, 0.05) is 0 Å². The molecule has 1 aliphatic heterocycles. The van der Waals surface area contributed by atoms with Crippen molar-refractivity contribution < 1.29 is 0 Å². The van der Waals surface area contributed by atoms with Crippen LogP contribution in [-0.4, -0.2) is 25.0 Å². The second-order valence-electron chi connectivity index (χ2n) is 6.39. The summed E-state index contributed by atoms with van der Waals surface area (Å²) in [4.78, 5) is 2.47. The van der Waals surface area contributed by atoms with Gasteiger partial charge in [0.15, 0.2) is 0 Å². The van der Waals surface area contributed by atoms with E-state index in [0.717, 1.165) is 0 Å². The van der Waals surface area contributed by atoms with Crippen molar-refractivity contribution in [3.05, 3.63) is 0 Å². The van der Waals surface area contributed by atoms with Crippen molar-refractivity contribution in [1.82, 2.24) is 4.90 Å². The number of likely N-dealkylation sites (tertiary alicyclic amines) is 1. The van der Waals surface area contributed by atoms with Gasteiger partial charge in [0.2, 0.25) is 0 Å². The molecule has 0 saturated carbocycles. The molecule has 0 atom stereocenters. The Bertz CT molecular complexity index is 170. The summed E-state index contributed by atoms with van der Waals surface area (Å²) in [6, 6.07) is 0. The van der Waals surface area contributed by atoms with Crippen LogP contribution in [0.2, 0.25) is 0 Å². The van der Waals surface area contributed by atoms with Crippen molar-refractivity contribution in [2.24, 2.45) is 10.8 Å². The molecule has 14 heavy (non-hydrogen) atoms. The minimum Gasteiger partial charge on any atom is -0.306 e. The highest BCUT2D eigenvalue weighted by Gasteiger charge is 2.35. The summed E-state index contributed by atoms with van der Waals surface area (Å²) in [6.45, 7) is 12.1. The maximum absolute atomic E-state index is 2.47. The van der Waals surface area contributed by atoms with Crippen LogP contribution in [0.5, 0.6) is 0 Å². The van der Waals surface area contributed by atoms with Crippen LogP contribution in [0.4, 0.5) is 0 Å². The Labute approximate surface area is 89.9 Å². The first-order chi connectivity index (χ1) is 6.37. The molecule has 1 rings (SSSR count). The molecule has 0 bridgehead atoms. The van der Waals surface area contributed by atoms with E-state index in [9.17, 15) is 0 Å². The van der Waals surface area contributed by atoms with Gasteiger partial charge in [-0.15, -0.1) is 0 Å². The molecule has 1 heteroatoms. The molecule has 1 fully saturated rings. The van der Waals surface area contributed by atoms with Crippen LogP contribution in [0.3, 0.4) is 0 Å². The van der Waals surface area contributed by atoms with Gasteiger partial charge >= 0.3 is 0 Å². The standard InChI is InChI=1S/C13H27N/c1-6-13(11-12(2,3)4)7-9-14(5)10-8-13/h6-11H2,1-5H3. The van der Waals surface area contributed by atoms with Gasteiger partial charge in [-0.1, -0.05) is 34.1 Å². The maximum atomic E-state index is 2.47. The van der Waals surface area contributed by atoms with Crippen LogP contribution in [-0.2, 0) is 0 Å². The molecule has 0 N–H and O–H groups in total. The average Bonchev–Trinajstić information content (AvgIpc) is 2.07. The Morgan fingerprint density at radius 1 is 1.14 bits per heavy atom. The van der Waals surface area contributed by atoms with E-state index in [1.54, 1.807) is 0 Å². The van der Waals surface area contributed by atoms with Crippen LogP contribution in [0.15, 0.2) is 0 Å². The molecule has 0 aliphatic carbocycles. The zero-order valence-electron chi connectivity index (χ0n) is 10.7. The maximum Gasteiger partial charge on any atom is -0.00165 e. The molecule has 0 spiro atoms. The third kappa shape index (κ3) is 3.27. The van der Waals surface area contributed by atoms with Gasteiger partial charge in [-0.25, -0.2) is 0 Å². The lowest BCUT2D eigenvalue weighted by Gasteiger charge is -2.43. The first kappa shape index (κ1) is 12.0. The summed E-state index contributed by atoms with van der Waals surface area (Å²) in [5, 5.41) is 0. The van der Waals surface area contributed by atoms with Crippen molar-refractivity contribution in [2.45, 2.75) is 53.4 Å². The third-order valence-electron chi connectivity index (χ3n) is 3.70. The number of hydrogen-bond donors (Lipinski definition) is 0. The average molecular weight is 197 g/mol. The van der Waals surface area contributed by atoms with Gasteiger partial charge in [-0.3, -0.25) is 0 Å². The molecule has 0 aromatic carbocycles. The Balaban J connectivity index is 2.59. The van der Waals surface area contributed by atoms with Crippen LogP contribution < -0.4 is 0 Å². The number of nitrogens with zero attached hydrogens (tertiary/aromatic N) is 1. The fraction of sp³-hybridized carbons (Fsp3) is 1.00. The molecule has 0 radical (unpaired) electrons. The molecule has 1 heterocycles. The first-order valence-corrected chi connectivity index (χ1v) is 6.05. The van der Waals surface area contributed by atoms with E-state index in [0.29, 0.717) is 10.8 Å². The Morgan fingerprint density at radius 2 is 1.64 bits per heavy atom. The van der Waals surface area contributed by atoms with Crippen molar-refractivity contribution in [2.75, 3.05) is 20.1 Å². The molecule has 84 valence electrons. The highest BCUT2D eigenvalue weighted by atomic mass is 15.1. The molecular weight excluding hydrogens is 170 g/mol. The second-order valence-corrected chi connectivity index (χ2v) is 6.39. The molecule has 0 amide bonds. The summed E-state index contributed by atoms with van der Waals surface area (Å²) >= 11 is 0. The van der Waals surface area contributed by atoms with Crippen molar-refractivity contribution in [3.63, 3.8) is 0 Å². The van der Waals surface area contributed by atoms with Crippen LogP contribution >= 0.6 is 0 Å². The fourth-order valence-electron chi connectivity index (χ4n) is 2.87. The minimum absolute atomic E-state index is 0.492. The highest BCUT2D eigenvalue weighted by Crippen LogP contribution is 2.43. The van der Waals surface area contributed by atoms with E-state index >= 15 is 0 Å². The minimum atomic E-state index is 0.492. The summed E-state index contributed by atoms with van der Waals surface area (Å²) in [6.07, 6.45) is 5.55. The smallest absolute Gasteiger partial charge is 0.00165 e. The van der Waals surface area contributed by atoms with Crippen molar-refractivity contribution in [1.29, 1.82) is 0 Å². The topological polar surface area (TPSA) is 3.24 Å². The summed E-state index contributed by atoms with van der Waals surface area (Å²) < 4.78 is 0. The molecule has 0 aromatic heterocycles. The Kier molecular flexibility index (Phi) is 3.63. The van der Waals surface area contributed by atoms with Gasteiger partial charge in [-0.05, 0) is 50.2 Å². The quantitative estimate of drug-likeness (QED) is 0.654. The summed E-state index contributed by atoms with van der Waals surface area (Å²) in [5.41, 5.74) is 1.14. The summed E-state index contributed by atoms with van der Waals surface area (Å²) in [7, 11) is 2.25. The van der Waals surface area contributed by atoms with E-state index < -0.39 is 0 Å². The Morgan fingerprint density at radius 3 is 2.00 bits per heavy atom. The molecule has 1 aliphatic rings. The lowest BCUT2D eigenvalue weighted by atomic mass is 9.67. The van der Waals surface area contributed by atoms with Crippen LogP contribution in [0.1, 0.15) is 53.4 Å². The van der Waals surface area contributed by atoms with E-state index in [1.807, 2.05) is 0 Å². The zero-order valence-corrected chi connectivity index (χ0v) is 10.7. The number of rotatable bonds is 2. The van der Waals surface area contributed by atoms with Gasteiger partial charge in [-0.2, -0.15) is 0 Å². The van der Waals surface area contributed by atoms with E-state index in [4.69, 9.17) is 0 Å². The van der Waals surface area contributed by atoms with E-state index in [1.165, 1.54) is 38.8 Å². The van der Waals surface area contributed by atoms with Crippen LogP contribution in [0, 0.1) is 10.8 Å². The molecule has 1 saturated heterocycles. The van der Waals surface area contributed by atoms with Crippen molar-refractivity contribution >= 4 is 0 Å². The van der Waals surface area contributed by atoms with Crippen LogP contribution in [0.25, 0.3) is 0 Å². The SMILES string of the molecule is CCC1(CC(C)(C)C)CCN(C)CC1. The third-order valence-corrected chi connectivity index (χ3v) is 3.70. The largest absolute Gasteiger partial charge is 0.306 e. The molecule has 0 aromatic rings. The lowest BCUT2D eigenvalue weighted by molar-refractivity contribution is 0.0710. The van der Waals surface area contributed by atoms with Gasteiger partial charge < -0.3 is 4.90 Å². The van der Waals surface area contributed by atoms with Crippen molar-refractivity contribution in [3.8, 4) is 0 Å². The molecular formula is C13H27N. The van der Waals surface area contributed by atoms with E-state index in [2.05, 4.69) is 39.6 Å². The van der Waals surface area contributed by atoms with Gasteiger partial charge in [0.25, 0.3) is 0 Å². The molecule has 1 nitrogen and oxygen atoms in total. The fourth-order valence-corrected chi connectivity index (χ4v) is 2.87. The Hall–Kier alpha value is -0.0400. The lowest BCUT2D eigenvalue weighted by Crippen LogP contribution is -2.39. The monoisotopic (exact) mass is 197 g/mol. The van der Waals surface area contributed by atoms with Gasteiger partial charge in [0.1, 0.15) is 0 Å². The first-order valence-electron chi connectivity index (χ1n) is 6.05. The zero-order chi connectivity index (χ0) is 10.8. The van der Waals surface area contributed by atoms with E-state index in [-0.39, 0.29) is 0 Å². The number of hydrogen-bond acceptors (Lipinski definition) is 1. The predicted molar refractivity (Wildman–Crippen MR) is 63.5 cm³/mol. The summed E-state index contributed by atoms with van der Waals surface area (Å²) in [5.74, 6) is 0. The normalized spacial score (nSPS) is 23.8. The number of piperidine rings is 1.